The SMILES string of the molecule is O=C(C1CC(O)CN1)N1CCC(Oc2ccc(F)cc2)CC1. The number of ether oxygens (including phenoxy) is 1. The third-order valence-electron chi connectivity index (χ3n) is 4.28. The molecule has 0 aliphatic carbocycles. The highest BCUT2D eigenvalue weighted by Crippen LogP contribution is 2.20. The lowest BCUT2D eigenvalue weighted by Gasteiger charge is -2.33. The first-order valence-electron chi connectivity index (χ1n) is 7.74. The largest absolute Gasteiger partial charge is 0.490 e. The van der Waals surface area contributed by atoms with Gasteiger partial charge in [-0.15, -0.1) is 0 Å². The van der Waals surface area contributed by atoms with Gasteiger partial charge in [0.15, 0.2) is 0 Å². The summed E-state index contributed by atoms with van der Waals surface area (Å²) in [5, 5.41) is 12.5. The van der Waals surface area contributed by atoms with Crippen LogP contribution in [-0.2, 0) is 4.79 Å². The molecule has 2 aliphatic heterocycles. The van der Waals surface area contributed by atoms with E-state index in [1.165, 1.54) is 12.1 Å². The van der Waals surface area contributed by atoms with Crippen molar-refractivity contribution in [3.8, 4) is 5.75 Å². The number of hydrogen-bond donors (Lipinski definition) is 2. The monoisotopic (exact) mass is 308 g/mol. The fraction of sp³-hybridized carbons (Fsp3) is 0.562. The molecule has 0 saturated carbocycles. The molecule has 3 rings (SSSR count). The second-order valence-electron chi connectivity index (χ2n) is 5.95. The minimum absolute atomic E-state index is 0.0524. The van der Waals surface area contributed by atoms with Gasteiger partial charge >= 0.3 is 0 Å². The first-order valence-corrected chi connectivity index (χ1v) is 7.74. The van der Waals surface area contributed by atoms with Gasteiger partial charge in [-0.25, -0.2) is 4.39 Å². The van der Waals surface area contributed by atoms with Gasteiger partial charge < -0.3 is 20.1 Å². The smallest absolute Gasteiger partial charge is 0.239 e. The van der Waals surface area contributed by atoms with Gasteiger partial charge in [-0.2, -0.15) is 0 Å². The number of benzene rings is 1. The summed E-state index contributed by atoms with van der Waals surface area (Å²) < 4.78 is 18.7. The first-order chi connectivity index (χ1) is 10.6. The molecular formula is C16H21FN2O3. The van der Waals surface area contributed by atoms with Crippen LogP contribution in [0.4, 0.5) is 4.39 Å². The number of aliphatic hydroxyl groups excluding tert-OH is 1. The van der Waals surface area contributed by atoms with E-state index >= 15 is 0 Å². The minimum Gasteiger partial charge on any atom is -0.490 e. The van der Waals surface area contributed by atoms with E-state index in [9.17, 15) is 14.3 Å². The number of nitrogens with zero attached hydrogens (tertiary/aromatic N) is 1. The molecule has 2 saturated heterocycles. The maximum atomic E-state index is 12.9. The fourth-order valence-corrected chi connectivity index (χ4v) is 3.03. The zero-order valence-electron chi connectivity index (χ0n) is 12.4. The molecule has 120 valence electrons. The summed E-state index contributed by atoms with van der Waals surface area (Å²) in [7, 11) is 0. The summed E-state index contributed by atoms with van der Waals surface area (Å²) in [6.07, 6.45) is 1.65. The van der Waals surface area contributed by atoms with Gasteiger partial charge in [0.1, 0.15) is 17.7 Å². The summed E-state index contributed by atoms with van der Waals surface area (Å²) in [6, 6.07) is 5.74. The average Bonchev–Trinajstić information content (AvgIpc) is 2.96. The van der Waals surface area contributed by atoms with E-state index in [0.29, 0.717) is 31.8 Å². The summed E-state index contributed by atoms with van der Waals surface area (Å²) in [5.74, 6) is 0.447. The van der Waals surface area contributed by atoms with Gasteiger partial charge in [0.05, 0.1) is 12.1 Å². The van der Waals surface area contributed by atoms with E-state index in [1.807, 2.05) is 4.90 Å². The summed E-state index contributed by atoms with van der Waals surface area (Å²) in [6.45, 7) is 1.79. The van der Waals surface area contributed by atoms with Gasteiger partial charge in [0.25, 0.3) is 0 Å². The molecule has 2 fully saturated rings. The van der Waals surface area contributed by atoms with Crippen molar-refractivity contribution in [1.82, 2.24) is 10.2 Å². The average molecular weight is 308 g/mol. The Kier molecular flexibility index (Phi) is 4.59. The molecule has 1 amide bonds. The molecule has 2 heterocycles. The van der Waals surface area contributed by atoms with Gasteiger partial charge in [-0.05, 0) is 30.7 Å². The van der Waals surface area contributed by atoms with Crippen LogP contribution in [0.25, 0.3) is 0 Å². The second kappa shape index (κ2) is 6.62. The first kappa shape index (κ1) is 15.2. The lowest BCUT2D eigenvalue weighted by Crippen LogP contribution is -2.48. The Labute approximate surface area is 129 Å². The molecule has 1 aromatic rings. The molecule has 1 aromatic carbocycles. The van der Waals surface area contributed by atoms with E-state index in [4.69, 9.17) is 4.74 Å². The molecular weight excluding hydrogens is 287 g/mol. The van der Waals surface area contributed by atoms with E-state index in [1.54, 1.807) is 12.1 Å². The molecule has 0 radical (unpaired) electrons. The Morgan fingerprint density at radius 1 is 1.27 bits per heavy atom. The Morgan fingerprint density at radius 3 is 2.55 bits per heavy atom. The fourth-order valence-electron chi connectivity index (χ4n) is 3.03. The number of carbonyl (C=O) groups excluding carboxylic acids is 1. The Bertz CT molecular complexity index is 515. The summed E-state index contributed by atoms with van der Waals surface area (Å²) in [5.41, 5.74) is 0. The van der Waals surface area contributed by atoms with Crippen molar-refractivity contribution in [1.29, 1.82) is 0 Å². The highest BCUT2D eigenvalue weighted by atomic mass is 19.1. The standard InChI is InChI=1S/C16H21FN2O3/c17-11-1-3-13(4-2-11)22-14-5-7-19(8-6-14)16(21)15-9-12(20)10-18-15/h1-4,12,14-15,18,20H,5-10H2. The molecule has 22 heavy (non-hydrogen) atoms. The van der Waals surface area contributed by atoms with Crippen LogP contribution < -0.4 is 10.1 Å². The lowest BCUT2D eigenvalue weighted by molar-refractivity contribution is -0.135. The zero-order valence-corrected chi connectivity index (χ0v) is 12.4. The van der Waals surface area contributed by atoms with Gasteiger partial charge in [0.2, 0.25) is 5.91 Å². The number of aliphatic hydroxyl groups is 1. The second-order valence-corrected chi connectivity index (χ2v) is 5.95. The van der Waals surface area contributed by atoms with Crippen molar-refractivity contribution in [2.24, 2.45) is 0 Å². The zero-order chi connectivity index (χ0) is 15.5. The van der Waals surface area contributed by atoms with Gasteiger partial charge in [-0.3, -0.25) is 4.79 Å². The van der Waals surface area contributed by atoms with E-state index < -0.39 is 6.10 Å². The highest BCUT2D eigenvalue weighted by Gasteiger charge is 2.33. The molecule has 2 atom stereocenters. The van der Waals surface area contributed by atoms with Crippen LogP contribution in [0.2, 0.25) is 0 Å². The number of amides is 1. The minimum atomic E-state index is -0.423. The topological polar surface area (TPSA) is 61.8 Å². The van der Waals surface area contributed by atoms with Gasteiger partial charge in [0, 0.05) is 32.5 Å². The van der Waals surface area contributed by atoms with Crippen LogP contribution in [0.1, 0.15) is 19.3 Å². The maximum absolute atomic E-state index is 12.9. The normalized spacial score (nSPS) is 26.2. The highest BCUT2D eigenvalue weighted by molar-refractivity contribution is 5.82. The van der Waals surface area contributed by atoms with Crippen molar-refractivity contribution in [2.75, 3.05) is 19.6 Å². The quantitative estimate of drug-likeness (QED) is 0.872. The number of halogens is 1. The van der Waals surface area contributed by atoms with E-state index in [0.717, 1.165) is 12.8 Å². The molecule has 2 unspecified atom stereocenters. The number of carbonyl (C=O) groups is 1. The van der Waals surface area contributed by atoms with Crippen molar-refractivity contribution >= 4 is 5.91 Å². The predicted molar refractivity (Wildman–Crippen MR) is 79.0 cm³/mol. The van der Waals surface area contributed by atoms with E-state index in [2.05, 4.69) is 5.32 Å². The number of hydrogen-bond acceptors (Lipinski definition) is 4. The molecule has 0 spiro atoms. The third-order valence-corrected chi connectivity index (χ3v) is 4.28. The summed E-state index contributed by atoms with van der Waals surface area (Å²) >= 11 is 0. The Balaban J connectivity index is 1.48. The van der Waals surface area contributed by atoms with Crippen LogP contribution in [0, 0.1) is 5.82 Å². The van der Waals surface area contributed by atoms with Crippen LogP contribution in [0.15, 0.2) is 24.3 Å². The van der Waals surface area contributed by atoms with Crippen molar-refractivity contribution < 1.29 is 19.0 Å². The number of rotatable bonds is 3. The van der Waals surface area contributed by atoms with Crippen molar-refractivity contribution in [3.63, 3.8) is 0 Å². The van der Waals surface area contributed by atoms with Crippen LogP contribution in [0.3, 0.4) is 0 Å². The predicted octanol–water partition coefficient (Wildman–Crippen LogP) is 0.918. The molecule has 2 N–H and O–H groups in total. The number of nitrogens with one attached hydrogen (secondary N) is 1. The van der Waals surface area contributed by atoms with Gasteiger partial charge in [-0.1, -0.05) is 0 Å². The van der Waals surface area contributed by atoms with Crippen LogP contribution >= 0.6 is 0 Å². The van der Waals surface area contributed by atoms with E-state index in [-0.39, 0.29) is 23.9 Å². The Morgan fingerprint density at radius 2 is 1.95 bits per heavy atom. The molecule has 6 heteroatoms. The maximum Gasteiger partial charge on any atom is 0.239 e. The Hall–Kier alpha value is -1.66. The van der Waals surface area contributed by atoms with Crippen LogP contribution in [0.5, 0.6) is 5.75 Å². The number of piperidine rings is 1. The third kappa shape index (κ3) is 3.56. The van der Waals surface area contributed by atoms with Crippen molar-refractivity contribution in [2.45, 2.75) is 37.5 Å². The molecule has 5 nitrogen and oxygen atoms in total. The van der Waals surface area contributed by atoms with Crippen molar-refractivity contribution in [3.05, 3.63) is 30.1 Å². The number of β-amino-alcohol motifs (C(OH)–C–C–N with tert-alkyl or cyclic N) is 1. The molecule has 0 aromatic heterocycles. The molecule has 0 bridgehead atoms. The number of likely N-dealkylation sites (tertiary alicyclic amines) is 1. The summed E-state index contributed by atoms with van der Waals surface area (Å²) in [4.78, 5) is 14.2. The molecule has 2 aliphatic rings. The lowest BCUT2D eigenvalue weighted by atomic mass is 10.1. The van der Waals surface area contributed by atoms with Crippen LogP contribution in [-0.4, -0.2) is 53.8 Å².